The minimum atomic E-state index is -0.0206. The van der Waals surface area contributed by atoms with E-state index >= 15 is 0 Å². The van der Waals surface area contributed by atoms with Gasteiger partial charge in [-0.15, -0.1) is 0 Å². The summed E-state index contributed by atoms with van der Waals surface area (Å²) >= 11 is 0. The molecule has 78 valence electrons. The molecule has 1 aliphatic heterocycles. The second-order valence-corrected chi connectivity index (χ2v) is 3.53. The molecule has 0 saturated carbocycles. The fourth-order valence-corrected chi connectivity index (χ4v) is 1.37. The highest BCUT2D eigenvalue weighted by Crippen LogP contribution is 2.03. The van der Waals surface area contributed by atoms with Gasteiger partial charge in [0.2, 0.25) is 0 Å². The van der Waals surface area contributed by atoms with Gasteiger partial charge in [-0.05, 0) is 18.9 Å². The third kappa shape index (κ3) is 2.87. The molecule has 0 spiro atoms. The number of urea groups is 1. The zero-order valence-electron chi connectivity index (χ0n) is 8.51. The Hall–Kier alpha value is -1.32. The number of allylic oxidation sites excluding steroid dienone is 1. The van der Waals surface area contributed by atoms with E-state index in [0.717, 1.165) is 13.0 Å². The van der Waals surface area contributed by atoms with Gasteiger partial charge in [-0.25, -0.2) is 4.79 Å². The van der Waals surface area contributed by atoms with Crippen LogP contribution in [0.25, 0.3) is 0 Å². The molecule has 1 N–H and O–H groups in total. The zero-order chi connectivity index (χ0) is 10.6. The van der Waals surface area contributed by atoms with E-state index in [4.69, 9.17) is 0 Å². The Morgan fingerprint density at radius 2 is 2.36 bits per heavy atom. The van der Waals surface area contributed by atoms with Gasteiger partial charge in [-0.3, -0.25) is 4.79 Å². The summed E-state index contributed by atoms with van der Waals surface area (Å²) < 4.78 is 0. The van der Waals surface area contributed by atoms with Crippen molar-refractivity contribution in [2.75, 3.05) is 19.6 Å². The molecule has 0 aliphatic carbocycles. The molecule has 0 radical (unpaired) electrons. The Morgan fingerprint density at radius 3 is 2.86 bits per heavy atom. The van der Waals surface area contributed by atoms with Crippen LogP contribution in [0.1, 0.15) is 19.8 Å². The van der Waals surface area contributed by atoms with Crippen LogP contribution >= 0.6 is 0 Å². The summed E-state index contributed by atoms with van der Waals surface area (Å²) in [4.78, 5) is 24.0. The van der Waals surface area contributed by atoms with Crippen molar-refractivity contribution < 1.29 is 9.59 Å². The molecule has 1 aliphatic rings. The molecule has 2 amide bonds. The average molecular weight is 196 g/mol. The molecule has 1 saturated heterocycles. The van der Waals surface area contributed by atoms with Crippen LogP contribution in [0, 0.1) is 0 Å². The maximum atomic E-state index is 11.2. The summed E-state index contributed by atoms with van der Waals surface area (Å²) in [5.74, 6) is 0.0876. The lowest BCUT2D eigenvalue weighted by Crippen LogP contribution is -2.29. The first kappa shape index (κ1) is 10.8. The van der Waals surface area contributed by atoms with Gasteiger partial charge in [-0.1, -0.05) is 6.58 Å². The van der Waals surface area contributed by atoms with E-state index in [9.17, 15) is 9.59 Å². The highest BCUT2D eigenvalue weighted by Gasteiger charge is 2.18. The molecule has 0 aromatic carbocycles. The number of nitrogens with zero attached hydrogens (tertiary/aromatic N) is 1. The van der Waals surface area contributed by atoms with Crippen LogP contribution in [-0.2, 0) is 4.79 Å². The van der Waals surface area contributed by atoms with Crippen molar-refractivity contribution in [2.45, 2.75) is 19.8 Å². The molecule has 0 atom stereocenters. The van der Waals surface area contributed by atoms with Gasteiger partial charge in [-0.2, -0.15) is 0 Å². The Balaban J connectivity index is 2.18. The van der Waals surface area contributed by atoms with Crippen LogP contribution in [0.4, 0.5) is 4.79 Å². The third-order valence-corrected chi connectivity index (χ3v) is 2.25. The molecule has 4 heteroatoms. The smallest absolute Gasteiger partial charge is 0.317 e. The van der Waals surface area contributed by atoms with Gasteiger partial charge in [0.05, 0.1) is 0 Å². The van der Waals surface area contributed by atoms with Crippen molar-refractivity contribution in [3.8, 4) is 0 Å². The van der Waals surface area contributed by atoms with Crippen molar-refractivity contribution in [3.05, 3.63) is 12.2 Å². The number of amides is 2. The maximum absolute atomic E-state index is 11.2. The van der Waals surface area contributed by atoms with E-state index in [-0.39, 0.29) is 11.8 Å². The topological polar surface area (TPSA) is 49.4 Å². The minimum absolute atomic E-state index is 0.0206. The fourth-order valence-electron chi connectivity index (χ4n) is 1.37. The molecule has 0 aromatic rings. The Kier molecular flexibility index (Phi) is 3.68. The highest BCUT2D eigenvalue weighted by atomic mass is 16.2. The average Bonchev–Trinajstić information content (AvgIpc) is 2.51. The predicted molar refractivity (Wildman–Crippen MR) is 54.0 cm³/mol. The van der Waals surface area contributed by atoms with Crippen molar-refractivity contribution in [1.82, 2.24) is 10.2 Å². The number of carbonyl (C=O) groups is 2. The second-order valence-electron chi connectivity index (χ2n) is 3.53. The van der Waals surface area contributed by atoms with Crippen LogP contribution in [-0.4, -0.2) is 36.3 Å². The molecular formula is C10H16N2O2. The number of hydrogen-bond acceptors (Lipinski definition) is 2. The fraction of sp³-hybridized carbons (Fsp3) is 0.600. The first-order valence-electron chi connectivity index (χ1n) is 4.82. The van der Waals surface area contributed by atoms with Crippen molar-refractivity contribution in [3.63, 3.8) is 0 Å². The van der Waals surface area contributed by atoms with Gasteiger partial charge in [0.15, 0.2) is 5.78 Å². The Bertz CT molecular complexity index is 261. The number of carbonyl (C=O) groups excluding carboxylic acids is 2. The van der Waals surface area contributed by atoms with Gasteiger partial charge in [0.25, 0.3) is 0 Å². The summed E-state index contributed by atoms with van der Waals surface area (Å²) in [5, 5.41) is 2.71. The summed E-state index contributed by atoms with van der Waals surface area (Å²) in [7, 11) is 0. The molecule has 0 unspecified atom stereocenters. The van der Waals surface area contributed by atoms with Gasteiger partial charge >= 0.3 is 6.03 Å². The van der Waals surface area contributed by atoms with Crippen LogP contribution in [0.5, 0.6) is 0 Å². The minimum Gasteiger partial charge on any atom is -0.336 e. The van der Waals surface area contributed by atoms with Crippen molar-refractivity contribution >= 4 is 11.8 Å². The number of hydrogen-bond donors (Lipinski definition) is 1. The summed E-state index contributed by atoms with van der Waals surface area (Å²) in [5.41, 5.74) is 0.593. The normalized spacial score (nSPS) is 15.5. The summed E-state index contributed by atoms with van der Waals surface area (Å²) in [6.45, 7) is 7.41. The molecule has 1 fully saturated rings. The lowest BCUT2D eigenvalue weighted by molar-refractivity contribution is -0.115. The number of ketones is 1. The lowest BCUT2D eigenvalue weighted by atomic mass is 10.1. The Labute approximate surface area is 84.0 Å². The van der Waals surface area contributed by atoms with Crippen LogP contribution in [0.15, 0.2) is 12.2 Å². The van der Waals surface area contributed by atoms with Gasteiger partial charge in [0, 0.05) is 26.1 Å². The monoisotopic (exact) mass is 196 g/mol. The zero-order valence-corrected chi connectivity index (χ0v) is 8.51. The first-order valence-corrected chi connectivity index (χ1v) is 4.82. The number of Topliss-reactive ketones (excluding diaryl/α,β-unsaturated/α-hetero) is 1. The van der Waals surface area contributed by atoms with E-state index in [1.807, 2.05) is 0 Å². The van der Waals surface area contributed by atoms with E-state index < -0.39 is 0 Å². The van der Waals surface area contributed by atoms with Crippen molar-refractivity contribution in [1.29, 1.82) is 0 Å². The van der Waals surface area contributed by atoms with E-state index in [2.05, 4.69) is 11.9 Å². The van der Waals surface area contributed by atoms with E-state index in [0.29, 0.717) is 25.1 Å². The summed E-state index contributed by atoms with van der Waals surface area (Å²) in [6.07, 6.45) is 1.21. The van der Waals surface area contributed by atoms with Crippen molar-refractivity contribution in [2.24, 2.45) is 0 Å². The molecule has 14 heavy (non-hydrogen) atoms. The van der Waals surface area contributed by atoms with Gasteiger partial charge in [0.1, 0.15) is 0 Å². The Morgan fingerprint density at radius 1 is 1.64 bits per heavy atom. The standard InChI is InChI=1S/C10H16N2O2/c1-8(2)9(13)4-3-6-12-7-5-11-10(12)14/h1,3-7H2,2H3,(H,11,14). The van der Waals surface area contributed by atoms with Crippen LogP contribution < -0.4 is 5.32 Å². The highest BCUT2D eigenvalue weighted by molar-refractivity contribution is 5.94. The first-order chi connectivity index (χ1) is 6.61. The molecule has 1 rings (SSSR count). The third-order valence-electron chi connectivity index (χ3n) is 2.25. The number of rotatable bonds is 5. The second kappa shape index (κ2) is 4.79. The van der Waals surface area contributed by atoms with Gasteiger partial charge < -0.3 is 10.2 Å². The molecule has 1 heterocycles. The van der Waals surface area contributed by atoms with E-state index in [1.54, 1.807) is 11.8 Å². The molecular weight excluding hydrogens is 180 g/mol. The summed E-state index contributed by atoms with van der Waals surface area (Å²) in [6, 6.07) is -0.0206. The van der Waals surface area contributed by atoms with E-state index in [1.165, 1.54) is 0 Å². The SMILES string of the molecule is C=C(C)C(=O)CCCN1CCNC1=O. The van der Waals surface area contributed by atoms with Crippen LogP contribution in [0.2, 0.25) is 0 Å². The lowest BCUT2D eigenvalue weighted by Gasteiger charge is -2.12. The quantitative estimate of drug-likeness (QED) is 0.665. The number of nitrogens with one attached hydrogen (secondary N) is 1. The largest absolute Gasteiger partial charge is 0.336 e. The van der Waals surface area contributed by atoms with Crippen LogP contribution in [0.3, 0.4) is 0 Å². The predicted octanol–water partition coefficient (Wildman–Crippen LogP) is 0.937. The molecule has 4 nitrogen and oxygen atoms in total. The molecule has 0 aromatic heterocycles. The molecule has 0 bridgehead atoms. The maximum Gasteiger partial charge on any atom is 0.317 e.